The monoisotopic (exact) mass is 253 g/mol. The third kappa shape index (κ3) is 4.09. The zero-order chi connectivity index (χ0) is 13.1. The Morgan fingerprint density at radius 1 is 1.35 bits per heavy atom. The number of hydrogen-bond acceptors (Lipinski definition) is 4. The van der Waals surface area contributed by atoms with Gasteiger partial charge in [0.05, 0.1) is 12.3 Å². The zero-order valence-corrected chi connectivity index (χ0v) is 12.8. The van der Waals surface area contributed by atoms with Gasteiger partial charge in [0.15, 0.2) is 9.04 Å². The van der Waals surface area contributed by atoms with Crippen LogP contribution in [0, 0.1) is 0 Å². The van der Waals surface area contributed by atoms with Crippen molar-refractivity contribution in [3.8, 4) is 0 Å². The van der Waals surface area contributed by atoms with Crippen molar-refractivity contribution >= 4 is 15.0 Å². The van der Waals surface area contributed by atoms with Crippen LogP contribution in [-0.4, -0.2) is 26.1 Å². The Bertz CT molecular complexity index is 375. The topological polar surface area (TPSA) is 47.0 Å². The fraction of sp³-hybridized carbons (Fsp3) is 0.667. The fourth-order valence-electron chi connectivity index (χ4n) is 1.54. The van der Waals surface area contributed by atoms with E-state index >= 15 is 0 Å². The van der Waals surface area contributed by atoms with E-state index in [1.54, 1.807) is 0 Å². The van der Waals surface area contributed by atoms with Crippen LogP contribution < -0.4 is 5.32 Å². The van der Waals surface area contributed by atoms with Crippen molar-refractivity contribution in [2.75, 3.05) is 12.4 Å². The van der Waals surface area contributed by atoms with Crippen LogP contribution in [0.1, 0.15) is 32.0 Å². The minimum atomic E-state index is -1.01. The van der Waals surface area contributed by atoms with Crippen molar-refractivity contribution in [1.82, 2.24) is 9.97 Å². The van der Waals surface area contributed by atoms with Crippen molar-refractivity contribution in [2.45, 2.75) is 45.9 Å². The summed E-state index contributed by atoms with van der Waals surface area (Å²) in [6.45, 7) is 11.4. The molecule has 0 unspecified atom stereocenters. The quantitative estimate of drug-likeness (QED) is 0.837. The molecule has 0 spiro atoms. The molecule has 0 aromatic carbocycles. The van der Waals surface area contributed by atoms with Crippen LogP contribution in [-0.2, 0) is 16.4 Å². The molecule has 4 nitrogen and oxygen atoms in total. The molecule has 5 heteroatoms. The first-order valence-electron chi connectivity index (χ1n) is 6.00. The maximum Gasteiger partial charge on any atom is 0.222 e. The summed E-state index contributed by atoms with van der Waals surface area (Å²) < 4.78 is 5.78. The van der Waals surface area contributed by atoms with Crippen LogP contribution in [0.2, 0.25) is 13.1 Å². The third-order valence-electron chi connectivity index (χ3n) is 2.37. The first-order chi connectivity index (χ1) is 7.84. The molecule has 0 aliphatic heterocycles. The van der Waals surface area contributed by atoms with Crippen LogP contribution in [0.4, 0.5) is 5.95 Å². The average Bonchev–Trinajstić information content (AvgIpc) is 2.24. The maximum absolute atomic E-state index is 5.78. The highest BCUT2D eigenvalue weighted by molar-refractivity contribution is 6.48. The van der Waals surface area contributed by atoms with Gasteiger partial charge in [0, 0.05) is 24.2 Å². The highest BCUT2D eigenvalue weighted by atomic mass is 28.3. The molecule has 1 rings (SSSR count). The van der Waals surface area contributed by atoms with Gasteiger partial charge in [-0.15, -0.1) is 0 Å². The van der Waals surface area contributed by atoms with E-state index in [0.29, 0.717) is 12.6 Å². The smallest absolute Gasteiger partial charge is 0.222 e. The highest BCUT2D eigenvalue weighted by Crippen LogP contribution is 2.25. The van der Waals surface area contributed by atoms with E-state index in [0.717, 1.165) is 11.3 Å². The third-order valence-corrected chi connectivity index (χ3v) is 3.20. The van der Waals surface area contributed by atoms with Gasteiger partial charge in [-0.2, -0.15) is 0 Å². The van der Waals surface area contributed by atoms with Gasteiger partial charge in [-0.1, -0.05) is 20.8 Å². The van der Waals surface area contributed by atoms with Gasteiger partial charge in [0.2, 0.25) is 5.95 Å². The minimum absolute atomic E-state index is 0.00572. The lowest BCUT2D eigenvalue weighted by atomic mass is 9.89. The molecule has 0 fully saturated rings. The lowest BCUT2D eigenvalue weighted by molar-refractivity contribution is 0.309. The molecular weight excluding hydrogens is 230 g/mol. The van der Waals surface area contributed by atoms with Crippen molar-refractivity contribution in [3.05, 3.63) is 17.5 Å². The van der Waals surface area contributed by atoms with E-state index in [4.69, 9.17) is 4.43 Å². The molecule has 17 heavy (non-hydrogen) atoms. The highest BCUT2D eigenvalue weighted by Gasteiger charge is 2.21. The largest absolute Gasteiger partial charge is 0.416 e. The first kappa shape index (κ1) is 14.1. The van der Waals surface area contributed by atoms with Crippen LogP contribution in [0.15, 0.2) is 6.20 Å². The summed E-state index contributed by atoms with van der Waals surface area (Å²) in [4.78, 5) is 8.82. The predicted octanol–water partition coefficient (Wildman–Crippen LogP) is 2.32. The summed E-state index contributed by atoms with van der Waals surface area (Å²) in [6, 6.07) is 0. The Morgan fingerprint density at radius 2 is 2.00 bits per heavy atom. The summed E-state index contributed by atoms with van der Waals surface area (Å²) in [6.07, 6.45) is 1.87. The molecular formula is C12H23N3OSi. The Labute approximate surface area is 106 Å². The van der Waals surface area contributed by atoms with Crippen molar-refractivity contribution in [1.29, 1.82) is 0 Å². The van der Waals surface area contributed by atoms with E-state index in [1.807, 2.05) is 13.2 Å². The van der Waals surface area contributed by atoms with Gasteiger partial charge in [-0.05, 0) is 13.1 Å². The normalized spacial score (nSPS) is 11.9. The maximum atomic E-state index is 5.78. The number of nitrogens with one attached hydrogen (secondary N) is 1. The average molecular weight is 253 g/mol. The Hall–Kier alpha value is -0.943. The van der Waals surface area contributed by atoms with E-state index in [1.165, 1.54) is 0 Å². The summed E-state index contributed by atoms with van der Waals surface area (Å²) in [5, 5.41) is 2.98. The summed E-state index contributed by atoms with van der Waals surface area (Å²) in [5.41, 5.74) is 2.16. The molecule has 0 bridgehead atoms. The molecule has 0 atom stereocenters. The van der Waals surface area contributed by atoms with E-state index < -0.39 is 9.04 Å². The Balaban J connectivity index is 3.03. The molecule has 96 valence electrons. The molecule has 0 saturated heterocycles. The second-order valence-electron chi connectivity index (χ2n) is 5.43. The fourth-order valence-corrected chi connectivity index (χ4v) is 2.05. The van der Waals surface area contributed by atoms with Crippen LogP contribution >= 0.6 is 0 Å². The lowest BCUT2D eigenvalue weighted by Gasteiger charge is -2.22. The number of hydrogen-bond donors (Lipinski definition) is 1. The zero-order valence-electron chi connectivity index (χ0n) is 11.7. The number of aromatic nitrogens is 2. The molecule has 0 amide bonds. The van der Waals surface area contributed by atoms with E-state index in [9.17, 15) is 0 Å². The second-order valence-corrected chi connectivity index (χ2v) is 7.86. The van der Waals surface area contributed by atoms with Gasteiger partial charge in [-0.3, -0.25) is 0 Å². The molecule has 0 radical (unpaired) electrons. The molecule has 1 heterocycles. The van der Waals surface area contributed by atoms with Gasteiger partial charge < -0.3 is 9.74 Å². The number of rotatable bonds is 4. The van der Waals surface area contributed by atoms with E-state index in [2.05, 4.69) is 49.1 Å². The molecule has 1 N–H and O–H groups in total. The lowest BCUT2D eigenvalue weighted by Crippen LogP contribution is -2.20. The van der Waals surface area contributed by atoms with Gasteiger partial charge in [-0.25, -0.2) is 9.97 Å². The molecule has 1 aromatic rings. The summed E-state index contributed by atoms with van der Waals surface area (Å²) >= 11 is 0. The number of nitrogens with zero attached hydrogens (tertiary/aromatic N) is 2. The summed E-state index contributed by atoms with van der Waals surface area (Å²) in [7, 11) is 0.827. The molecule has 1 aromatic heterocycles. The number of anilines is 1. The van der Waals surface area contributed by atoms with Gasteiger partial charge >= 0.3 is 0 Å². The van der Waals surface area contributed by atoms with Crippen LogP contribution in [0.3, 0.4) is 0 Å². The standard InChI is InChI=1S/C12H23N3OSi/c1-12(2,3)10-9(8-16-17(5)6)7-14-11(13-4)15-10/h7,17H,8H2,1-6H3,(H,13,14,15). The SMILES string of the molecule is CNc1ncc(CO[SiH](C)C)c(C(C)(C)C)n1. The van der Waals surface area contributed by atoms with Gasteiger partial charge in [0.25, 0.3) is 0 Å². The second kappa shape index (κ2) is 5.60. The van der Waals surface area contributed by atoms with Crippen molar-refractivity contribution < 1.29 is 4.43 Å². The van der Waals surface area contributed by atoms with Gasteiger partial charge in [0.1, 0.15) is 0 Å². The van der Waals surface area contributed by atoms with Crippen LogP contribution in [0.5, 0.6) is 0 Å². The Kier molecular flexibility index (Phi) is 4.65. The van der Waals surface area contributed by atoms with Crippen molar-refractivity contribution in [3.63, 3.8) is 0 Å². The van der Waals surface area contributed by atoms with Crippen molar-refractivity contribution in [2.24, 2.45) is 0 Å². The summed E-state index contributed by atoms with van der Waals surface area (Å²) in [5.74, 6) is 0.667. The first-order valence-corrected chi connectivity index (χ1v) is 8.78. The van der Waals surface area contributed by atoms with E-state index in [-0.39, 0.29) is 5.41 Å². The molecule has 0 aliphatic rings. The Morgan fingerprint density at radius 3 is 2.47 bits per heavy atom. The predicted molar refractivity (Wildman–Crippen MR) is 73.9 cm³/mol. The molecule has 0 saturated carbocycles. The van der Waals surface area contributed by atoms with Crippen LogP contribution in [0.25, 0.3) is 0 Å². The molecule has 0 aliphatic carbocycles. The minimum Gasteiger partial charge on any atom is -0.416 e.